The van der Waals surface area contributed by atoms with Crippen LogP contribution in [0.5, 0.6) is 0 Å². The number of nitrogens with one attached hydrogen (secondary N) is 1. The second-order valence-corrected chi connectivity index (χ2v) is 4.36. The Hall–Kier alpha value is -2.50. The van der Waals surface area contributed by atoms with E-state index in [1.54, 1.807) is 6.92 Å². The summed E-state index contributed by atoms with van der Waals surface area (Å²) in [4.78, 5) is 15.4. The standard InChI is InChI=1S/C15H14F2N2O2/c1-3-21-15(20)10-4-5-14(18-8-10)19-13-7-11(16)9(2)6-12(13)17/h4-8H,3H2,1-2H3,(H,18,19). The highest BCUT2D eigenvalue weighted by molar-refractivity contribution is 5.89. The van der Waals surface area contributed by atoms with E-state index in [2.05, 4.69) is 10.3 Å². The Labute approximate surface area is 120 Å². The lowest BCUT2D eigenvalue weighted by Gasteiger charge is -2.09. The van der Waals surface area contributed by atoms with Crippen LogP contribution in [0.2, 0.25) is 0 Å². The van der Waals surface area contributed by atoms with Crippen molar-refractivity contribution in [3.05, 3.63) is 53.2 Å². The monoisotopic (exact) mass is 292 g/mol. The van der Waals surface area contributed by atoms with Crippen LogP contribution in [0.4, 0.5) is 20.3 Å². The van der Waals surface area contributed by atoms with Crippen molar-refractivity contribution >= 4 is 17.5 Å². The molecule has 0 fully saturated rings. The van der Waals surface area contributed by atoms with E-state index < -0.39 is 17.6 Å². The van der Waals surface area contributed by atoms with Gasteiger partial charge in [0.25, 0.3) is 0 Å². The fourth-order valence-corrected chi connectivity index (χ4v) is 1.68. The molecule has 0 aliphatic carbocycles. The number of pyridine rings is 1. The number of halogens is 2. The van der Waals surface area contributed by atoms with Gasteiger partial charge in [-0.15, -0.1) is 0 Å². The quantitative estimate of drug-likeness (QED) is 0.875. The third-order valence-electron chi connectivity index (χ3n) is 2.79. The van der Waals surface area contributed by atoms with E-state index in [1.165, 1.54) is 25.3 Å². The predicted molar refractivity (Wildman–Crippen MR) is 74.6 cm³/mol. The third-order valence-corrected chi connectivity index (χ3v) is 2.79. The third kappa shape index (κ3) is 3.53. The lowest BCUT2D eigenvalue weighted by molar-refractivity contribution is 0.0526. The van der Waals surface area contributed by atoms with Crippen molar-refractivity contribution < 1.29 is 18.3 Å². The fraction of sp³-hybridized carbons (Fsp3) is 0.200. The lowest BCUT2D eigenvalue weighted by atomic mass is 10.2. The summed E-state index contributed by atoms with van der Waals surface area (Å²) in [6, 6.07) is 5.15. The number of nitrogens with zero attached hydrogens (tertiary/aromatic N) is 1. The molecule has 1 aromatic carbocycles. The molecule has 21 heavy (non-hydrogen) atoms. The summed E-state index contributed by atoms with van der Waals surface area (Å²) in [5.74, 6) is -1.28. The van der Waals surface area contributed by atoms with E-state index in [4.69, 9.17) is 4.74 Å². The number of rotatable bonds is 4. The summed E-state index contributed by atoms with van der Waals surface area (Å²) in [5, 5.41) is 2.66. The first kappa shape index (κ1) is 14.9. The molecule has 110 valence electrons. The van der Waals surface area contributed by atoms with Gasteiger partial charge in [0, 0.05) is 12.3 Å². The van der Waals surface area contributed by atoms with E-state index in [0.29, 0.717) is 5.82 Å². The minimum Gasteiger partial charge on any atom is -0.462 e. The SMILES string of the molecule is CCOC(=O)c1ccc(Nc2cc(F)c(C)cc2F)nc1. The second kappa shape index (κ2) is 6.30. The molecule has 2 rings (SSSR count). The number of aromatic nitrogens is 1. The van der Waals surface area contributed by atoms with Crippen molar-refractivity contribution in [3.63, 3.8) is 0 Å². The Bertz CT molecular complexity index is 657. The number of carbonyl (C=O) groups excluding carboxylic acids is 1. The van der Waals surface area contributed by atoms with E-state index in [9.17, 15) is 13.6 Å². The van der Waals surface area contributed by atoms with Gasteiger partial charge in [0.05, 0.1) is 17.9 Å². The van der Waals surface area contributed by atoms with Gasteiger partial charge in [-0.3, -0.25) is 0 Å². The average molecular weight is 292 g/mol. The molecule has 1 N–H and O–H groups in total. The average Bonchev–Trinajstić information content (AvgIpc) is 2.46. The molecule has 0 aliphatic rings. The van der Waals surface area contributed by atoms with Crippen molar-refractivity contribution in [1.29, 1.82) is 0 Å². The van der Waals surface area contributed by atoms with Gasteiger partial charge in [0.1, 0.15) is 17.5 Å². The summed E-state index contributed by atoms with van der Waals surface area (Å²) in [6.07, 6.45) is 1.31. The Balaban J connectivity index is 2.17. The number of carbonyl (C=O) groups is 1. The number of hydrogen-bond donors (Lipinski definition) is 1. The topological polar surface area (TPSA) is 51.2 Å². The molecule has 1 aromatic heterocycles. The maximum atomic E-state index is 13.7. The summed E-state index contributed by atoms with van der Waals surface area (Å²) < 4.78 is 31.9. The zero-order valence-corrected chi connectivity index (χ0v) is 11.6. The largest absolute Gasteiger partial charge is 0.462 e. The van der Waals surface area contributed by atoms with Gasteiger partial charge in [-0.1, -0.05) is 0 Å². The van der Waals surface area contributed by atoms with Gasteiger partial charge in [-0.2, -0.15) is 0 Å². The zero-order valence-electron chi connectivity index (χ0n) is 11.6. The second-order valence-electron chi connectivity index (χ2n) is 4.36. The van der Waals surface area contributed by atoms with Crippen LogP contribution in [-0.4, -0.2) is 17.6 Å². The van der Waals surface area contributed by atoms with Crippen LogP contribution >= 0.6 is 0 Å². The molecular formula is C15H14F2N2O2. The summed E-state index contributed by atoms with van der Waals surface area (Å²) in [5.41, 5.74) is 0.496. The molecule has 0 radical (unpaired) electrons. The van der Waals surface area contributed by atoms with Crippen LogP contribution in [0, 0.1) is 18.6 Å². The van der Waals surface area contributed by atoms with Crippen LogP contribution in [-0.2, 0) is 4.74 Å². The van der Waals surface area contributed by atoms with Gasteiger partial charge < -0.3 is 10.1 Å². The first-order valence-electron chi connectivity index (χ1n) is 6.37. The molecule has 6 heteroatoms. The number of anilines is 2. The number of esters is 1. The van der Waals surface area contributed by atoms with Gasteiger partial charge in [0.15, 0.2) is 0 Å². The molecule has 2 aromatic rings. The van der Waals surface area contributed by atoms with Gasteiger partial charge in [-0.05, 0) is 37.6 Å². The molecular weight excluding hydrogens is 278 g/mol. The van der Waals surface area contributed by atoms with Crippen molar-refractivity contribution in [3.8, 4) is 0 Å². The van der Waals surface area contributed by atoms with Crippen molar-refractivity contribution in [2.75, 3.05) is 11.9 Å². The highest BCUT2D eigenvalue weighted by atomic mass is 19.1. The number of hydrogen-bond acceptors (Lipinski definition) is 4. The van der Waals surface area contributed by atoms with Crippen LogP contribution in [0.15, 0.2) is 30.5 Å². The maximum Gasteiger partial charge on any atom is 0.339 e. The molecule has 0 unspecified atom stereocenters. The molecule has 0 spiro atoms. The normalized spacial score (nSPS) is 10.3. The van der Waals surface area contributed by atoms with E-state index >= 15 is 0 Å². The number of benzene rings is 1. The Morgan fingerprint density at radius 2 is 2.05 bits per heavy atom. The predicted octanol–water partition coefficient (Wildman–Crippen LogP) is 3.59. The summed E-state index contributed by atoms with van der Waals surface area (Å²) in [7, 11) is 0. The van der Waals surface area contributed by atoms with Crippen LogP contribution in [0.1, 0.15) is 22.8 Å². The zero-order chi connectivity index (χ0) is 15.4. The molecule has 0 amide bonds. The Kier molecular flexibility index (Phi) is 4.47. The molecule has 4 nitrogen and oxygen atoms in total. The van der Waals surface area contributed by atoms with Gasteiger partial charge in [-0.25, -0.2) is 18.6 Å². The summed E-state index contributed by atoms with van der Waals surface area (Å²) in [6.45, 7) is 3.46. The van der Waals surface area contributed by atoms with Gasteiger partial charge >= 0.3 is 5.97 Å². The minimum atomic E-state index is -0.579. The first-order valence-corrected chi connectivity index (χ1v) is 6.37. The Morgan fingerprint density at radius 3 is 2.67 bits per heavy atom. The fourth-order valence-electron chi connectivity index (χ4n) is 1.68. The van der Waals surface area contributed by atoms with Crippen molar-refractivity contribution in [2.24, 2.45) is 0 Å². The highest BCUT2D eigenvalue weighted by Crippen LogP contribution is 2.22. The highest BCUT2D eigenvalue weighted by Gasteiger charge is 2.10. The molecule has 0 aliphatic heterocycles. The van der Waals surface area contributed by atoms with E-state index in [-0.39, 0.29) is 23.4 Å². The molecule has 0 saturated heterocycles. The van der Waals surface area contributed by atoms with E-state index in [1.807, 2.05) is 0 Å². The maximum absolute atomic E-state index is 13.7. The minimum absolute atomic E-state index is 0.0190. The Morgan fingerprint density at radius 1 is 1.29 bits per heavy atom. The van der Waals surface area contributed by atoms with Crippen LogP contribution in [0.25, 0.3) is 0 Å². The smallest absolute Gasteiger partial charge is 0.339 e. The van der Waals surface area contributed by atoms with Crippen molar-refractivity contribution in [1.82, 2.24) is 4.98 Å². The molecule has 0 atom stereocenters. The van der Waals surface area contributed by atoms with E-state index in [0.717, 1.165) is 12.1 Å². The molecule has 1 heterocycles. The lowest BCUT2D eigenvalue weighted by Crippen LogP contribution is -2.05. The van der Waals surface area contributed by atoms with Crippen LogP contribution < -0.4 is 5.32 Å². The first-order chi connectivity index (χ1) is 10.0. The van der Waals surface area contributed by atoms with Crippen molar-refractivity contribution in [2.45, 2.75) is 13.8 Å². The number of aryl methyl sites for hydroxylation is 1. The number of ether oxygens (including phenoxy) is 1. The molecule has 0 saturated carbocycles. The summed E-state index contributed by atoms with van der Waals surface area (Å²) >= 11 is 0. The van der Waals surface area contributed by atoms with Crippen LogP contribution in [0.3, 0.4) is 0 Å². The molecule has 0 bridgehead atoms. The van der Waals surface area contributed by atoms with Gasteiger partial charge in [0.2, 0.25) is 0 Å².